The van der Waals surface area contributed by atoms with Gasteiger partial charge in [0.05, 0.1) is 24.6 Å². The second kappa shape index (κ2) is 7.02. The van der Waals surface area contributed by atoms with Crippen molar-refractivity contribution in [2.24, 2.45) is 0 Å². The molecule has 0 radical (unpaired) electrons. The number of carbonyl (C=O) groups is 1. The van der Waals surface area contributed by atoms with Crippen LogP contribution in [0.5, 0.6) is 0 Å². The van der Waals surface area contributed by atoms with E-state index in [0.717, 1.165) is 31.4 Å². The number of halogens is 2. The predicted octanol–water partition coefficient (Wildman–Crippen LogP) is 3.64. The number of carbonyl (C=O) groups excluding carboxylic acids is 1. The molecule has 2 aliphatic rings. The van der Waals surface area contributed by atoms with Gasteiger partial charge in [-0.3, -0.25) is 9.59 Å². The Hall–Kier alpha value is -3.06. The molecule has 0 fully saturated rings. The lowest BCUT2D eigenvalue weighted by Gasteiger charge is -2.34. The number of likely N-dealkylation sites (N-methyl/N-ethyl adjacent to an activating group) is 1. The molecule has 0 unspecified atom stereocenters. The van der Waals surface area contributed by atoms with Crippen molar-refractivity contribution in [1.82, 2.24) is 9.88 Å². The van der Waals surface area contributed by atoms with Gasteiger partial charge in [0.25, 0.3) is 11.5 Å². The molecule has 1 aliphatic heterocycles. The molecule has 0 saturated heterocycles. The lowest BCUT2D eigenvalue weighted by Crippen LogP contribution is -2.37. The predicted molar refractivity (Wildman–Crippen MR) is 107 cm³/mol. The summed E-state index contributed by atoms with van der Waals surface area (Å²) in [6, 6.07) is 7.15. The van der Waals surface area contributed by atoms with Crippen molar-refractivity contribution in [2.45, 2.75) is 31.9 Å². The highest BCUT2D eigenvalue weighted by atomic mass is 19.2. The molecule has 1 aromatic heterocycles. The Morgan fingerprint density at radius 2 is 1.83 bits per heavy atom. The van der Waals surface area contributed by atoms with Gasteiger partial charge >= 0.3 is 0 Å². The normalized spacial score (nSPS) is 17.6. The zero-order valence-electron chi connectivity index (χ0n) is 16.4. The summed E-state index contributed by atoms with van der Waals surface area (Å²) in [5.41, 5.74) is 3.61. The van der Waals surface area contributed by atoms with Gasteiger partial charge in [-0.15, -0.1) is 0 Å². The van der Waals surface area contributed by atoms with Crippen LogP contribution in [-0.2, 0) is 24.2 Å². The maximum atomic E-state index is 14.0. The number of amides is 1. The van der Waals surface area contributed by atoms with Crippen molar-refractivity contribution in [2.75, 3.05) is 13.7 Å². The quantitative estimate of drug-likeness (QED) is 0.702. The van der Waals surface area contributed by atoms with Gasteiger partial charge in [0.15, 0.2) is 11.6 Å². The van der Waals surface area contributed by atoms with Crippen LogP contribution in [0.25, 0.3) is 10.8 Å². The third-order valence-corrected chi connectivity index (χ3v) is 6.17. The number of aromatic amines is 1. The van der Waals surface area contributed by atoms with Gasteiger partial charge in [-0.2, -0.15) is 0 Å². The number of nitrogens with zero attached hydrogens (tertiary/aromatic N) is 1. The summed E-state index contributed by atoms with van der Waals surface area (Å²) in [4.78, 5) is 29.9. The van der Waals surface area contributed by atoms with E-state index in [1.165, 1.54) is 11.1 Å². The number of hydrogen-bond acceptors (Lipinski definition) is 3. The molecule has 7 heteroatoms. The average molecular weight is 410 g/mol. The summed E-state index contributed by atoms with van der Waals surface area (Å²) in [7, 11) is 1.66. The van der Waals surface area contributed by atoms with Crippen LogP contribution in [0.3, 0.4) is 0 Å². The molecular weight excluding hydrogens is 390 g/mol. The minimum atomic E-state index is -1.08. The number of fused-ring (bicyclic) bond motifs is 4. The Balaban J connectivity index is 1.60. The number of ether oxygens (including phenoxy) is 1. The van der Waals surface area contributed by atoms with E-state index in [1.807, 2.05) is 18.2 Å². The van der Waals surface area contributed by atoms with Crippen LogP contribution in [0.2, 0.25) is 0 Å². The number of H-pyrrole nitrogens is 1. The molecule has 154 valence electrons. The molecule has 1 N–H and O–H groups in total. The zero-order valence-corrected chi connectivity index (χ0v) is 16.4. The number of nitrogens with one attached hydrogen (secondary N) is 1. The summed E-state index contributed by atoms with van der Waals surface area (Å²) in [5.74, 6) is -2.31. The number of hydrogen-bond donors (Lipinski definition) is 1. The Morgan fingerprint density at radius 3 is 2.63 bits per heavy atom. The van der Waals surface area contributed by atoms with E-state index in [2.05, 4.69) is 4.98 Å². The van der Waals surface area contributed by atoms with E-state index in [1.54, 1.807) is 11.9 Å². The zero-order chi connectivity index (χ0) is 21.0. The maximum absolute atomic E-state index is 14.0. The third-order valence-electron chi connectivity index (χ3n) is 6.17. The van der Waals surface area contributed by atoms with Crippen LogP contribution in [-0.4, -0.2) is 29.4 Å². The van der Waals surface area contributed by atoms with E-state index in [-0.39, 0.29) is 24.5 Å². The number of rotatable bonds is 2. The second-order valence-corrected chi connectivity index (χ2v) is 7.94. The average Bonchev–Trinajstić information content (AvgIpc) is 3.21. The van der Waals surface area contributed by atoms with E-state index in [4.69, 9.17) is 4.74 Å². The fraction of sp³-hybridized carbons (Fsp3) is 0.304. The van der Waals surface area contributed by atoms with Crippen molar-refractivity contribution in [3.05, 3.63) is 80.3 Å². The van der Waals surface area contributed by atoms with Gasteiger partial charge in [-0.25, -0.2) is 8.78 Å². The fourth-order valence-electron chi connectivity index (χ4n) is 4.60. The van der Waals surface area contributed by atoms with E-state index in [9.17, 15) is 18.4 Å². The smallest absolute Gasteiger partial charge is 0.256 e. The SMILES string of the molecule is CN(C(=O)c1ccc2c(c1)CCC2)[C@@H]1COCc2[nH]c(=O)c3cc(F)c(F)cc3c21. The first-order valence-corrected chi connectivity index (χ1v) is 9.94. The Kier molecular flexibility index (Phi) is 4.43. The lowest BCUT2D eigenvalue weighted by atomic mass is 9.95. The molecule has 1 amide bonds. The molecule has 0 saturated carbocycles. The molecule has 0 bridgehead atoms. The molecule has 30 heavy (non-hydrogen) atoms. The van der Waals surface area contributed by atoms with Crippen LogP contribution in [0, 0.1) is 11.6 Å². The number of benzene rings is 2. The minimum Gasteiger partial charge on any atom is -0.373 e. The first-order valence-electron chi connectivity index (χ1n) is 9.94. The summed E-state index contributed by atoms with van der Waals surface area (Å²) in [6.45, 7) is 0.331. The van der Waals surface area contributed by atoms with Gasteiger partial charge in [0.2, 0.25) is 0 Å². The van der Waals surface area contributed by atoms with Gasteiger partial charge in [0, 0.05) is 23.9 Å². The van der Waals surface area contributed by atoms with Crippen molar-refractivity contribution >= 4 is 16.7 Å². The van der Waals surface area contributed by atoms with Crippen molar-refractivity contribution in [1.29, 1.82) is 0 Å². The van der Waals surface area contributed by atoms with Crippen LogP contribution in [0.15, 0.2) is 35.1 Å². The van der Waals surface area contributed by atoms with Gasteiger partial charge in [-0.05, 0) is 60.0 Å². The molecule has 5 rings (SSSR count). The standard InChI is InChI=1S/C23H20F2N2O3/c1-27(23(29)14-6-5-12-3-2-4-13(12)7-14)20-11-30-10-19-21(20)15-8-17(24)18(25)9-16(15)22(28)26-19/h5-9,20H,2-4,10-11H2,1H3,(H,26,28)/t20-/m1/s1. The van der Waals surface area contributed by atoms with Crippen LogP contribution >= 0.6 is 0 Å². The molecule has 0 spiro atoms. The molecule has 2 heterocycles. The lowest BCUT2D eigenvalue weighted by molar-refractivity contribution is 0.0335. The van der Waals surface area contributed by atoms with Crippen molar-refractivity contribution in [3.63, 3.8) is 0 Å². The molecule has 1 atom stereocenters. The Labute approximate surface area is 171 Å². The minimum absolute atomic E-state index is 0.0536. The maximum Gasteiger partial charge on any atom is 0.256 e. The highest BCUT2D eigenvalue weighted by molar-refractivity contribution is 5.95. The van der Waals surface area contributed by atoms with Crippen molar-refractivity contribution < 1.29 is 18.3 Å². The Bertz CT molecular complexity index is 1250. The molecular formula is C23H20F2N2O3. The summed E-state index contributed by atoms with van der Waals surface area (Å²) in [6.07, 6.45) is 3.09. The molecule has 5 nitrogen and oxygen atoms in total. The van der Waals surface area contributed by atoms with Gasteiger partial charge in [0.1, 0.15) is 0 Å². The van der Waals surface area contributed by atoms with Crippen LogP contribution in [0.4, 0.5) is 8.78 Å². The van der Waals surface area contributed by atoms with E-state index < -0.39 is 23.2 Å². The van der Waals surface area contributed by atoms with Crippen LogP contribution < -0.4 is 5.56 Å². The topological polar surface area (TPSA) is 62.4 Å². The first-order chi connectivity index (χ1) is 14.4. The fourth-order valence-corrected chi connectivity index (χ4v) is 4.60. The second-order valence-electron chi connectivity index (χ2n) is 7.94. The highest BCUT2D eigenvalue weighted by Crippen LogP contribution is 2.34. The third kappa shape index (κ3) is 2.92. The van der Waals surface area contributed by atoms with Gasteiger partial charge in [-0.1, -0.05) is 6.07 Å². The van der Waals surface area contributed by atoms with Gasteiger partial charge < -0.3 is 14.6 Å². The summed E-state index contributed by atoms with van der Waals surface area (Å²) >= 11 is 0. The van der Waals surface area contributed by atoms with Crippen molar-refractivity contribution in [3.8, 4) is 0 Å². The number of aryl methyl sites for hydroxylation is 2. The van der Waals surface area contributed by atoms with E-state index in [0.29, 0.717) is 22.2 Å². The number of pyridine rings is 1. The molecule has 2 aromatic carbocycles. The largest absolute Gasteiger partial charge is 0.373 e. The van der Waals surface area contributed by atoms with Crippen LogP contribution in [0.1, 0.15) is 45.2 Å². The first kappa shape index (κ1) is 18.9. The molecule has 1 aliphatic carbocycles. The Morgan fingerprint density at radius 1 is 1.10 bits per heavy atom. The number of aromatic nitrogens is 1. The molecule has 3 aromatic rings. The van der Waals surface area contributed by atoms with E-state index >= 15 is 0 Å². The highest BCUT2D eigenvalue weighted by Gasteiger charge is 2.31. The summed E-state index contributed by atoms with van der Waals surface area (Å²) < 4.78 is 33.4. The monoisotopic (exact) mass is 410 g/mol. The summed E-state index contributed by atoms with van der Waals surface area (Å²) in [5, 5.41) is 0.354.